The number of hydrogen-bond donors (Lipinski definition) is 5. The highest BCUT2D eigenvalue weighted by molar-refractivity contribution is 6.34. The summed E-state index contributed by atoms with van der Waals surface area (Å²) in [6.45, 7) is -0.208. The Morgan fingerprint density at radius 1 is 0.914 bits per heavy atom. The van der Waals surface area contributed by atoms with Crippen LogP contribution in [-0.4, -0.2) is 51.5 Å². The second kappa shape index (κ2) is 11.6. The van der Waals surface area contributed by atoms with Gasteiger partial charge < -0.3 is 26.2 Å². The molecule has 1 aromatic heterocycles. The number of carbonyl (C=O) groups is 4. The molecular weight excluding hydrogens is 476 g/mol. The summed E-state index contributed by atoms with van der Waals surface area (Å²) < 4.78 is 0. The molecule has 3 aromatic rings. The van der Waals surface area contributed by atoms with Gasteiger partial charge in [-0.1, -0.05) is 23.7 Å². The van der Waals surface area contributed by atoms with E-state index in [1.54, 1.807) is 18.2 Å². The van der Waals surface area contributed by atoms with E-state index in [4.69, 9.17) is 11.6 Å². The zero-order valence-corrected chi connectivity index (χ0v) is 19.0. The summed E-state index contributed by atoms with van der Waals surface area (Å²) in [7, 11) is 0. The minimum Gasteiger partial charge on any atom is -0.508 e. The first-order valence-electron chi connectivity index (χ1n) is 10.3. The molecule has 0 aliphatic heterocycles. The molecule has 0 aliphatic rings. The van der Waals surface area contributed by atoms with Crippen LogP contribution in [0.5, 0.6) is 5.75 Å². The largest absolute Gasteiger partial charge is 0.508 e. The molecule has 0 unspecified atom stereocenters. The van der Waals surface area contributed by atoms with Gasteiger partial charge in [0.15, 0.2) is 0 Å². The maximum Gasteiger partial charge on any atom is 0.328 e. The molecule has 1 heterocycles. The van der Waals surface area contributed by atoms with Gasteiger partial charge in [-0.15, -0.1) is 0 Å². The summed E-state index contributed by atoms with van der Waals surface area (Å²) in [4.78, 5) is 52.5. The normalized spacial score (nSPS) is 11.2. The number of aliphatic carboxylic acids is 1. The number of amides is 3. The van der Waals surface area contributed by atoms with Crippen LogP contribution in [0.2, 0.25) is 5.02 Å². The Morgan fingerprint density at radius 2 is 1.69 bits per heavy atom. The van der Waals surface area contributed by atoms with E-state index in [2.05, 4.69) is 20.9 Å². The number of carboxylic acid groups (broad SMARTS) is 1. The van der Waals surface area contributed by atoms with E-state index in [0.717, 1.165) is 0 Å². The number of halogens is 1. The van der Waals surface area contributed by atoms with Crippen molar-refractivity contribution in [1.29, 1.82) is 0 Å². The number of pyridine rings is 1. The number of nitrogens with zero attached hydrogens (tertiary/aromatic N) is 1. The molecule has 10 nitrogen and oxygen atoms in total. The van der Waals surface area contributed by atoms with Crippen molar-refractivity contribution in [3.63, 3.8) is 0 Å². The average Bonchev–Trinajstić information content (AvgIpc) is 2.85. The molecule has 180 valence electrons. The SMILES string of the molecule is O=C(NCc1cccc(O)c1)c1ccc(C(=O)N[C@@H](CNC(=O)c2cccnc2)C(=O)O)c(Cl)c1. The van der Waals surface area contributed by atoms with E-state index >= 15 is 0 Å². The van der Waals surface area contributed by atoms with Crippen LogP contribution < -0.4 is 16.0 Å². The molecule has 0 aliphatic carbocycles. The number of rotatable bonds is 9. The molecular formula is C24H21ClN4O6. The van der Waals surface area contributed by atoms with Crippen LogP contribution in [0.3, 0.4) is 0 Å². The van der Waals surface area contributed by atoms with Crippen molar-refractivity contribution >= 4 is 35.3 Å². The van der Waals surface area contributed by atoms with Gasteiger partial charge in [0.2, 0.25) is 0 Å². The fraction of sp³-hybridized carbons (Fsp3) is 0.125. The Labute approximate surface area is 205 Å². The molecule has 11 heteroatoms. The van der Waals surface area contributed by atoms with Crippen LogP contribution in [-0.2, 0) is 11.3 Å². The minimum atomic E-state index is -1.43. The van der Waals surface area contributed by atoms with E-state index in [-0.39, 0.29) is 40.6 Å². The lowest BCUT2D eigenvalue weighted by atomic mass is 10.1. The summed E-state index contributed by atoms with van der Waals surface area (Å²) in [5.41, 5.74) is 1.07. The Hall–Kier alpha value is -4.44. The number of phenols is 1. The molecule has 0 fully saturated rings. The number of carbonyl (C=O) groups excluding carboxylic acids is 3. The number of nitrogens with one attached hydrogen (secondary N) is 3. The van der Waals surface area contributed by atoms with Crippen molar-refractivity contribution in [3.05, 3.63) is 94.3 Å². The third-order valence-electron chi connectivity index (χ3n) is 4.83. The molecule has 3 amide bonds. The van der Waals surface area contributed by atoms with Crippen molar-refractivity contribution in [1.82, 2.24) is 20.9 Å². The third kappa shape index (κ3) is 7.02. The molecule has 0 radical (unpaired) electrons. The first kappa shape index (κ1) is 25.2. The second-order valence-electron chi connectivity index (χ2n) is 7.36. The number of carboxylic acids is 1. The van der Waals surface area contributed by atoms with Gasteiger partial charge in [0.1, 0.15) is 11.8 Å². The number of aromatic nitrogens is 1. The smallest absolute Gasteiger partial charge is 0.328 e. The van der Waals surface area contributed by atoms with Gasteiger partial charge in [0.25, 0.3) is 17.7 Å². The van der Waals surface area contributed by atoms with Crippen LogP contribution >= 0.6 is 11.6 Å². The van der Waals surface area contributed by atoms with Gasteiger partial charge in [-0.05, 0) is 48.0 Å². The van der Waals surface area contributed by atoms with Crippen molar-refractivity contribution in [2.24, 2.45) is 0 Å². The molecule has 0 saturated carbocycles. The van der Waals surface area contributed by atoms with Crippen LogP contribution in [0.4, 0.5) is 0 Å². The van der Waals surface area contributed by atoms with Gasteiger partial charge >= 0.3 is 5.97 Å². The van der Waals surface area contributed by atoms with E-state index in [9.17, 15) is 29.4 Å². The standard InChI is InChI=1S/C24H21ClN4O6/c25-19-10-15(21(31)27-11-14-3-1-5-17(30)9-14)6-7-18(19)23(33)29-20(24(34)35)13-28-22(32)16-4-2-8-26-12-16/h1-10,12,20,30H,11,13H2,(H,27,31)(H,28,32)(H,29,33)(H,34,35)/t20-/m0/s1. The zero-order valence-electron chi connectivity index (χ0n) is 18.2. The first-order valence-corrected chi connectivity index (χ1v) is 10.7. The molecule has 0 spiro atoms. The lowest BCUT2D eigenvalue weighted by molar-refractivity contribution is -0.139. The molecule has 1 atom stereocenters. The van der Waals surface area contributed by atoms with Crippen LogP contribution in [0, 0.1) is 0 Å². The van der Waals surface area contributed by atoms with E-state index in [1.807, 2.05) is 0 Å². The lowest BCUT2D eigenvalue weighted by Gasteiger charge is -2.16. The third-order valence-corrected chi connectivity index (χ3v) is 5.15. The maximum atomic E-state index is 12.6. The Kier molecular flexibility index (Phi) is 8.36. The van der Waals surface area contributed by atoms with E-state index < -0.39 is 29.7 Å². The van der Waals surface area contributed by atoms with E-state index in [0.29, 0.717) is 5.56 Å². The predicted molar refractivity (Wildman–Crippen MR) is 126 cm³/mol. The monoisotopic (exact) mass is 496 g/mol. The highest BCUT2D eigenvalue weighted by Gasteiger charge is 2.23. The maximum absolute atomic E-state index is 12.6. The molecule has 5 N–H and O–H groups in total. The van der Waals surface area contributed by atoms with Gasteiger partial charge in [0, 0.05) is 31.0 Å². The number of hydrogen-bond acceptors (Lipinski definition) is 6. The molecule has 35 heavy (non-hydrogen) atoms. The summed E-state index contributed by atoms with van der Waals surface area (Å²) in [5.74, 6) is -3.07. The summed E-state index contributed by atoms with van der Waals surface area (Å²) in [6, 6.07) is 12.0. The first-order chi connectivity index (χ1) is 16.7. The van der Waals surface area contributed by atoms with E-state index in [1.165, 1.54) is 48.8 Å². The van der Waals surface area contributed by atoms with Crippen molar-refractivity contribution in [3.8, 4) is 5.75 Å². The highest BCUT2D eigenvalue weighted by atomic mass is 35.5. The van der Waals surface area contributed by atoms with Crippen molar-refractivity contribution in [2.75, 3.05) is 6.54 Å². The number of aromatic hydroxyl groups is 1. The molecule has 2 aromatic carbocycles. The molecule has 0 bridgehead atoms. The van der Waals surface area contributed by atoms with Crippen LogP contribution in [0.1, 0.15) is 36.6 Å². The van der Waals surface area contributed by atoms with Crippen LogP contribution in [0.15, 0.2) is 67.0 Å². The fourth-order valence-corrected chi connectivity index (χ4v) is 3.29. The molecule has 3 rings (SSSR count). The minimum absolute atomic E-state index is 0.0407. The van der Waals surface area contributed by atoms with Crippen molar-refractivity contribution < 1.29 is 29.4 Å². The predicted octanol–water partition coefficient (Wildman–Crippen LogP) is 1.98. The summed E-state index contributed by atoms with van der Waals surface area (Å²) in [6.07, 6.45) is 2.82. The Balaban J connectivity index is 1.60. The van der Waals surface area contributed by atoms with Crippen LogP contribution in [0.25, 0.3) is 0 Å². The molecule has 0 saturated heterocycles. The zero-order chi connectivity index (χ0) is 25.4. The number of phenolic OH excluding ortho intramolecular Hbond substituents is 1. The van der Waals surface area contributed by atoms with Gasteiger partial charge in [0.05, 0.1) is 16.1 Å². The topological polar surface area (TPSA) is 158 Å². The second-order valence-corrected chi connectivity index (χ2v) is 7.77. The van der Waals surface area contributed by atoms with Crippen molar-refractivity contribution in [2.45, 2.75) is 12.6 Å². The van der Waals surface area contributed by atoms with Gasteiger partial charge in [-0.2, -0.15) is 0 Å². The summed E-state index contributed by atoms with van der Waals surface area (Å²) in [5, 5.41) is 26.3. The fourth-order valence-electron chi connectivity index (χ4n) is 3.02. The van der Waals surface area contributed by atoms with Gasteiger partial charge in [-0.3, -0.25) is 19.4 Å². The van der Waals surface area contributed by atoms with Gasteiger partial charge in [-0.25, -0.2) is 4.79 Å². The Morgan fingerprint density at radius 3 is 2.34 bits per heavy atom. The lowest BCUT2D eigenvalue weighted by Crippen LogP contribution is -2.48. The summed E-state index contributed by atoms with van der Waals surface area (Å²) >= 11 is 6.18. The quantitative estimate of drug-likeness (QED) is 0.303. The number of benzene rings is 2. The average molecular weight is 497 g/mol. The highest BCUT2D eigenvalue weighted by Crippen LogP contribution is 2.19. The Bertz CT molecular complexity index is 1250.